The van der Waals surface area contributed by atoms with Crippen molar-refractivity contribution in [3.8, 4) is 10.6 Å². The Morgan fingerprint density at radius 1 is 1.16 bits per heavy atom. The number of alkyl halides is 3. The highest BCUT2D eigenvalue weighted by Crippen LogP contribution is 2.30. The first kappa shape index (κ1) is 21.1. The molecule has 3 aromatic rings. The van der Waals surface area contributed by atoms with Crippen molar-refractivity contribution in [3.05, 3.63) is 69.5 Å². The highest BCUT2D eigenvalue weighted by Gasteiger charge is 2.31. The molecule has 0 aromatic carbocycles. The Morgan fingerprint density at radius 3 is 2.52 bits per heavy atom. The second-order valence-corrected chi connectivity index (χ2v) is 8.18. The average molecular weight is 448 g/mol. The van der Waals surface area contributed by atoms with Gasteiger partial charge in [0, 0.05) is 25.3 Å². The molecule has 0 atom stereocenters. The summed E-state index contributed by atoms with van der Waals surface area (Å²) < 4.78 is 38.0. The molecule has 2 N–H and O–H groups in total. The zero-order valence-corrected chi connectivity index (χ0v) is 17.1. The zero-order valence-electron chi connectivity index (χ0n) is 16.3. The predicted molar refractivity (Wildman–Crippen MR) is 112 cm³/mol. The van der Waals surface area contributed by atoms with Gasteiger partial charge in [-0.15, -0.1) is 11.3 Å². The standard InChI is InChI=1S/C21H19F3N4O2S/c22-21(23,24)13-3-6-18(25-12-13)28-9-7-14(8-10-28)26-19(29)15-4-5-16(27-20(15)30)17-2-1-11-31-17/h1-6,11-12,14H,7-10H2,(H,26,29)(H,27,30). The van der Waals surface area contributed by atoms with Crippen molar-refractivity contribution in [2.75, 3.05) is 18.0 Å². The molecule has 10 heteroatoms. The number of rotatable bonds is 4. The third-order valence-electron chi connectivity index (χ3n) is 5.17. The molecule has 1 saturated heterocycles. The lowest BCUT2D eigenvalue weighted by Gasteiger charge is -2.33. The van der Waals surface area contributed by atoms with Gasteiger partial charge in [-0.25, -0.2) is 4.98 Å². The van der Waals surface area contributed by atoms with Gasteiger partial charge in [0.2, 0.25) is 0 Å². The van der Waals surface area contributed by atoms with Crippen molar-refractivity contribution < 1.29 is 18.0 Å². The number of hydrogen-bond acceptors (Lipinski definition) is 5. The van der Waals surface area contributed by atoms with Crippen molar-refractivity contribution in [2.24, 2.45) is 0 Å². The molecule has 1 aliphatic heterocycles. The summed E-state index contributed by atoms with van der Waals surface area (Å²) in [4.78, 5) is 34.3. The first-order valence-electron chi connectivity index (χ1n) is 9.67. The fraction of sp³-hybridized carbons (Fsp3) is 0.286. The molecule has 0 bridgehead atoms. The van der Waals surface area contributed by atoms with E-state index in [4.69, 9.17) is 0 Å². The van der Waals surface area contributed by atoms with E-state index in [1.165, 1.54) is 23.5 Å². The van der Waals surface area contributed by atoms with Crippen LogP contribution in [0.5, 0.6) is 0 Å². The van der Waals surface area contributed by atoms with E-state index in [0.717, 1.165) is 17.1 Å². The number of anilines is 1. The maximum atomic E-state index is 12.7. The number of thiophene rings is 1. The number of hydrogen-bond donors (Lipinski definition) is 2. The van der Waals surface area contributed by atoms with Gasteiger partial charge in [-0.1, -0.05) is 6.07 Å². The van der Waals surface area contributed by atoms with Crippen LogP contribution >= 0.6 is 11.3 Å². The molecule has 0 saturated carbocycles. The summed E-state index contributed by atoms with van der Waals surface area (Å²) in [5, 5.41) is 4.78. The first-order valence-corrected chi connectivity index (χ1v) is 10.6. The summed E-state index contributed by atoms with van der Waals surface area (Å²) in [7, 11) is 0. The van der Waals surface area contributed by atoms with E-state index < -0.39 is 23.2 Å². The smallest absolute Gasteiger partial charge is 0.356 e. The Hall–Kier alpha value is -3.14. The fourth-order valence-electron chi connectivity index (χ4n) is 3.48. The number of carbonyl (C=O) groups excluding carboxylic acids is 1. The minimum atomic E-state index is -4.41. The summed E-state index contributed by atoms with van der Waals surface area (Å²) in [6.45, 7) is 1.08. The van der Waals surface area contributed by atoms with Crippen LogP contribution in [-0.4, -0.2) is 35.0 Å². The molecule has 6 nitrogen and oxygen atoms in total. The van der Waals surface area contributed by atoms with Crippen LogP contribution in [0.3, 0.4) is 0 Å². The number of amides is 1. The van der Waals surface area contributed by atoms with Gasteiger partial charge in [-0.3, -0.25) is 9.59 Å². The second-order valence-electron chi connectivity index (χ2n) is 7.23. The Labute approximate surface area is 179 Å². The minimum Gasteiger partial charge on any atom is -0.356 e. The fourth-order valence-corrected chi connectivity index (χ4v) is 4.19. The Kier molecular flexibility index (Phi) is 5.81. The first-order chi connectivity index (χ1) is 14.8. The van der Waals surface area contributed by atoms with E-state index in [1.54, 1.807) is 6.07 Å². The van der Waals surface area contributed by atoms with Gasteiger partial charge in [0.1, 0.15) is 11.4 Å². The summed E-state index contributed by atoms with van der Waals surface area (Å²) >= 11 is 1.49. The molecule has 0 aliphatic carbocycles. The number of piperidine rings is 1. The summed E-state index contributed by atoms with van der Waals surface area (Å²) in [5.41, 5.74) is -0.524. The quantitative estimate of drug-likeness (QED) is 0.634. The number of aromatic nitrogens is 2. The van der Waals surface area contributed by atoms with Crippen molar-refractivity contribution in [2.45, 2.75) is 25.1 Å². The number of nitrogens with one attached hydrogen (secondary N) is 2. The van der Waals surface area contributed by atoms with Crippen LogP contribution in [0.2, 0.25) is 0 Å². The average Bonchev–Trinajstić information content (AvgIpc) is 3.28. The van der Waals surface area contributed by atoms with Crippen LogP contribution in [0.15, 0.2) is 52.8 Å². The van der Waals surface area contributed by atoms with Gasteiger partial charge in [-0.2, -0.15) is 13.2 Å². The molecule has 162 valence electrons. The lowest BCUT2D eigenvalue weighted by molar-refractivity contribution is -0.137. The molecule has 1 fully saturated rings. The van der Waals surface area contributed by atoms with Gasteiger partial charge < -0.3 is 15.2 Å². The third kappa shape index (κ3) is 4.79. The molecule has 3 aromatic heterocycles. The molecule has 4 heterocycles. The molecule has 0 spiro atoms. The molecule has 0 unspecified atom stereocenters. The number of pyridine rings is 2. The van der Waals surface area contributed by atoms with Gasteiger partial charge in [0.25, 0.3) is 11.5 Å². The van der Waals surface area contributed by atoms with E-state index in [-0.39, 0.29) is 11.6 Å². The third-order valence-corrected chi connectivity index (χ3v) is 6.07. The molecular weight excluding hydrogens is 429 g/mol. The molecule has 4 rings (SSSR count). The van der Waals surface area contributed by atoms with Crippen molar-refractivity contribution in [1.82, 2.24) is 15.3 Å². The SMILES string of the molecule is O=C(NC1CCN(c2ccc(C(F)(F)F)cn2)CC1)c1ccc(-c2cccs2)[nH]c1=O. The van der Waals surface area contributed by atoms with Crippen LogP contribution in [0.25, 0.3) is 10.6 Å². The number of nitrogens with zero attached hydrogens (tertiary/aromatic N) is 2. The van der Waals surface area contributed by atoms with E-state index in [9.17, 15) is 22.8 Å². The Bertz CT molecular complexity index is 1100. The Balaban J connectivity index is 1.34. The summed E-state index contributed by atoms with van der Waals surface area (Å²) in [5.74, 6) is 0.0310. The van der Waals surface area contributed by atoms with Crippen LogP contribution in [0.4, 0.5) is 19.0 Å². The van der Waals surface area contributed by atoms with Crippen molar-refractivity contribution >= 4 is 23.1 Å². The van der Waals surface area contributed by atoms with Crippen LogP contribution in [0.1, 0.15) is 28.8 Å². The van der Waals surface area contributed by atoms with E-state index >= 15 is 0 Å². The molecular formula is C21H19F3N4O2S. The maximum absolute atomic E-state index is 12.7. The zero-order chi connectivity index (χ0) is 22.0. The second kappa shape index (κ2) is 8.54. The van der Waals surface area contributed by atoms with E-state index in [2.05, 4.69) is 15.3 Å². The summed E-state index contributed by atoms with van der Waals surface area (Å²) in [6.07, 6.45) is -2.39. The van der Waals surface area contributed by atoms with Crippen molar-refractivity contribution in [1.29, 1.82) is 0 Å². The number of aromatic amines is 1. The Morgan fingerprint density at radius 2 is 1.94 bits per heavy atom. The number of H-pyrrole nitrogens is 1. The molecule has 1 aliphatic rings. The minimum absolute atomic E-state index is 0.0483. The normalized spacial score (nSPS) is 15.1. The van der Waals surface area contributed by atoms with Gasteiger partial charge >= 0.3 is 6.18 Å². The molecule has 31 heavy (non-hydrogen) atoms. The lowest BCUT2D eigenvalue weighted by Crippen LogP contribution is -2.45. The molecule has 1 amide bonds. The predicted octanol–water partition coefficient (Wildman–Crippen LogP) is 3.92. The highest BCUT2D eigenvalue weighted by atomic mass is 32.1. The summed E-state index contributed by atoms with van der Waals surface area (Å²) in [6, 6.07) is 9.24. The largest absolute Gasteiger partial charge is 0.417 e. The van der Waals surface area contributed by atoms with Gasteiger partial charge in [-0.05, 0) is 48.6 Å². The lowest BCUT2D eigenvalue weighted by atomic mass is 10.0. The monoisotopic (exact) mass is 448 g/mol. The van der Waals surface area contributed by atoms with E-state index in [1.807, 2.05) is 22.4 Å². The maximum Gasteiger partial charge on any atom is 0.417 e. The number of halogens is 3. The van der Waals surface area contributed by atoms with Crippen LogP contribution < -0.4 is 15.8 Å². The molecule has 0 radical (unpaired) electrons. The van der Waals surface area contributed by atoms with Crippen LogP contribution in [-0.2, 0) is 6.18 Å². The highest BCUT2D eigenvalue weighted by molar-refractivity contribution is 7.13. The van der Waals surface area contributed by atoms with Crippen molar-refractivity contribution in [3.63, 3.8) is 0 Å². The topological polar surface area (TPSA) is 78.1 Å². The van der Waals surface area contributed by atoms with E-state index in [0.29, 0.717) is 37.4 Å². The van der Waals surface area contributed by atoms with Crippen LogP contribution in [0, 0.1) is 0 Å². The van der Waals surface area contributed by atoms with Gasteiger partial charge in [0.15, 0.2) is 0 Å². The number of carbonyl (C=O) groups is 1. The van der Waals surface area contributed by atoms with Gasteiger partial charge in [0.05, 0.1) is 16.1 Å².